The van der Waals surface area contributed by atoms with Gasteiger partial charge < -0.3 is 10.2 Å². The molecular weight excluding hydrogens is 420 g/mol. The van der Waals surface area contributed by atoms with Crippen LogP contribution in [0, 0.1) is 12.8 Å². The lowest BCUT2D eigenvalue weighted by Gasteiger charge is -2.38. The highest BCUT2D eigenvalue weighted by Gasteiger charge is 2.53. The van der Waals surface area contributed by atoms with Gasteiger partial charge >= 0.3 is 0 Å². The fraction of sp³-hybridized carbons (Fsp3) is 0.333. The highest BCUT2D eigenvalue weighted by molar-refractivity contribution is 5.96. The normalized spacial score (nSPS) is 20.2. The minimum Gasteiger partial charge on any atom is -0.369 e. The molecule has 1 heterocycles. The number of carbonyl (C=O) groups excluding carboxylic acids is 2. The number of benzene rings is 3. The van der Waals surface area contributed by atoms with E-state index < -0.39 is 5.41 Å². The van der Waals surface area contributed by atoms with Crippen LogP contribution in [0.15, 0.2) is 84.9 Å². The largest absolute Gasteiger partial charge is 0.369 e. The van der Waals surface area contributed by atoms with Crippen LogP contribution in [0.2, 0.25) is 0 Å². The van der Waals surface area contributed by atoms with Gasteiger partial charge in [-0.3, -0.25) is 9.59 Å². The topological polar surface area (TPSA) is 60.2 Å². The van der Waals surface area contributed by atoms with Gasteiger partial charge in [-0.1, -0.05) is 90.5 Å². The molecular formula is C30H35N2O2+. The number of ketones is 1. The number of aryl methyl sites for hydroxylation is 1. The van der Waals surface area contributed by atoms with Crippen LogP contribution >= 0.6 is 0 Å². The van der Waals surface area contributed by atoms with E-state index in [1.54, 1.807) is 0 Å². The molecule has 2 N–H and O–H groups in total. The molecule has 1 aliphatic heterocycles. The summed E-state index contributed by atoms with van der Waals surface area (Å²) in [7, 11) is 2.25. The van der Waals surface area contributed by atoms with Crippen LogP contribution in [0.3, 0.4) is 0 Å². The summed E-state index contributed by atoms with van der Waals surface area (Å²) in [5.41, 5.74) is 9.23. The van der Waals surface area contributed by atoms with E-state index in [1.165, 1.54) is 0 Å². The Hall–Kier alpha value is -3.24. The average molecular weight is 456 g/mol. The molecule has 4 heteroatoms. The quantitative estimate of drug-likeness (QED) is 0.369. The predicted molar refractivity (Wildman–Crippen MR) is 136 cm³/mol. The summed E-state index contributed by atoms with van der Waals surface area (Å²) in [6.45, 7) is 4.76. The van der Waals surface area contributed by atoms with Crippen LogP contribution < -0.4 is 5.73 Å². The van der Waals surface area contributed by atoms with Crippen molar-refractivity contribution in [2.75, 3.05) is 26.7 Å². The Morgan fingerprint density at radius 3 is 2.00 bits per heavy atom. The first-order chi connectivity index (χ1) is 16.3. The Morgan fingerprint density at radius 1 is 0.912 bits per heavy atom. The smallest absolute Gasteiger partial charge is 0.233 e. The highest BCUT2D eigenvalue weighted by Crippen LogP contribution is 2.45. The molecule has 176 valence electrons. The first-order valence-corrected chi connectivity index (χ1v) is 12.2. The Labute approximate surface area is 203 Å². The number of rotatable bonds is 9. The van der Waals surface area contributed by atoms with Crippen LogP contribution in [-0.2, 0) is 10.2 Å². The summed E-state index contributed by atoms with van der Waals surface area (Å²) in [5.74, 6) is -0.00657. The number of nitrogens with zero attached hydrogens (tertiary/aromatic N) is 1. The maximum atomic E-state index is 13.3. The molecule has 0 aliphatic carbocycles. The standard InChI is InChI=1S/C30H34N2O2/c1-23-15-17-24(18-16-23)28(33)14-9-20-32(2)21-19-27(22-32)30(29(31)34,25-10-5-3-6-11-25)26-12-7-4-8-13-26/h3-8,10-13,15-18,27H,9,14,19-22H2,1-2H3,(H-,31,34)/p+1/t27-,32?/m1/s1. The molecule has 0 saturated carbocycles. The van der Waals surface area contributed by atoms with Gasteiger partial charge in [-0.15, -0.1) is 0 Å². The van der Waals surface area contributed by atoms with Crippen LogP contribution in [0.5, 0.6) is 0 Å². The van der Waals surface area contributed by atoms with Crippen LogP contribution in [0.1, 0.15) is 46.3 Å². The van der Waals surface area contributed by atoms with Gasteiger partial charge in [0.15, 0.2) is 5.78 Å². The number of amides is 1. The number of Topliss-reactive ketones (excluding diaryl/α,β-unsaturated/α-hetero) is 1. The zero-order valence-electron chi connectivity index (χ0n) is 20.2. The third kappa shape index (κ3) is 4.69. The first kappa shape index (κ1) is 23.9. The van der Waals surface area contributed by atoms with E-state index >= 15 is 0 Å². The molecule has 1 amide bonds. The number of carbonyl (C=O) groups is 2. The molecule has 0 bridgehead atoms. The lowest BCUT2D eigenvalue weighted by molar-refractivity contribution is -0.899. The van der Waals surface area contributed by atoms with Gasteiger partial charge in [0, 0.05) is 30.7 Å². The van der Waals surface area contributed by atoms with Crippen molar-refractivity contribution in [3.05, 3.63) is 107 Å². The number of primary amides is 1. The van der Waals surface area contributed by atoms with Crippen molar-refractivity contribution < 1.29 is 14.1 Å². The number of quaternary nitrogens is 1. The van der Waals surface area contributed by atoms with Gasteiger partial charge in [-0.05, 0) is 18.1 Å². The minimum absolute atomic E-state index is 0.0904. The molecule has 0 spiro atoms. The zero-order valence-corrected chi connectivity index (χ0v) is 20.2. The second-order valence-corrected chi connectivity index (χ2v) is 10.0. The third-order valence-corrected chi connectivity index (χ3v) is 7.61. The Kier molecular flexibility index (Phi) is 6.99. The molecule has 3 aromatic carbocycles. The van der Waals surface area contributed by atoms with Crippen LogP contribution in [0.25, 0.3) is 0 Å². The summed E-state index contributed by atoms with van der Waals surface area (Å²) >= 11 is 0. The van der Waals surface area contributed by atoms with Gasteiger partial charge in [0.1, 0.15) is 5.41 Å². The van der Waals surface area contributed by atoms with Crippen molar-refractivity contribution in [2.45, 2.75) is 31.6 Å². The summed E-state index contributed by atoms with van der Waals surface area (Å²) in [4.78, 5) is 25.9. The van der Waals surface area contributed by atoms with Crippen molar-refractivity contribution in [3.63, 3.8) is 0 Å². The van der Waals surface area contributed by atoms with Gasteiger partial charge in [-0.25, -0.2) is 0 Å². The number of likely N-dealkylation sites (tertiary alicyclic amines) is 1. The van der Waals surface area contributed by atoms with Crippen molar-refractivity contribution in [1.82, 2.24) is 0 Å². The lowest BCUT2D eigenvalue weighted by atomic mass is 9.64. The molecule has 1 fully saturated rings. The van der Waals surface area contributed by atoms with Gasteiger partial charge in [0.2, 0.25) is 5.91 Å². The average Bonchev–Trinajstić information content (AvgIpc) is 3.23. The predicted octanol–water partition coefficient (Wildman–Crippen LogP) is 4.90. The Bertz CT molecular complexity index is 1090. The number of nitrogens with two attached hydrogens (primary N) is 1. The maximum Gasteiger partial charge on any atom is 0.233 e. The van der Waals surface area contributed by atoms with E-state index in [2.05, 4.69) is 7.05 Å². The van der Waals surface area contributed by atoms with Gasteiger partial charge in [-0.2, -0.15) is 0 Å². The molecule has 1 unspecified atom stereocenters. The molecule has 2 atom stereocenters. The van der Waals surface area contributed by atoms with Crippen LogP contribution in [-0.4, -0.2) is 42.9 Å². The highest BCUT2D eigenvalue weighted by atomic mass is 16.1. The van der Waals surface area contributed by atoms with Crippen molar-refractivity contribution in [3.8, 4) is 0 Å². The number of hydrogen-bond acceptors (Lipinski definition) is 2. The Morgan fingerprint density at radius 2 is 1.47 bits per heavy atom. The monoisotopic (exact) mass is 455 g/mol. The first-order valence-electron chi connectivity index (χ1n) is 12.2. The minimum atomic E-state index is -0.865. The van der Waals surface area contributed by atoms with Crippen LogP contribution in [0.4, 0.5) is 0 Å². The molecule has 4 rings (SSSR count). The summed E-state index contributed by atoms with van der Waals surface area (Å²) in [5, 5.41) is 0. The van der Waals surface area contributed by atoms with Crippen molar-refractivity contribution >= 4 is 11.7 Å². The summed E-state index contributed by atoms with van der Waals surface area (Å²) in [6, 6.07) is 27.8. The lowest BCUT2D eigenvalue weighted by Crippen LogP contribution is -2.51. The molecule has 1 saturated heterocycles. The second kappa shape index (κ2) is 9.94. The third-order valence-electron chi connectivity index (χ3n) is 7.61. The molecule has 4 nitrogen and oxygen atoms in total. The van der Waals surface area contributed by atoms with E-state index in [-0.39, 0.29) is 17.6 Å². The van der Waals surface area contributed by atoms with Gasteiger partial charge in [0.05, 0.1) is 26.7 Å². The summed E-state index contributed by atoms with van der Waals surface area (Å²) in [6.07, 6.45) is 2.28. The fourth-order valence-electron chi connectivity index (χ4n) is 5.77. The molecule has 0 aromatic heterocycles. The second-order valence-electron chi connectivity index (χ2n) is 10.0. The Balaban J connectivity index is 1.53. The summed E-state index contributed by atoms with van der Waals surface area (Å²) < 4.78 is 0.848. The van der Waals surface area contributed by atoms with Crippen molar-refractivity contribution in [1.29, 1.82) is 0 Å². The zero-order chi connectivity index (χ0) is 24.2. The van der Waals surface area contributed by atoms with Crippen molar-refractivity contribution in [2.24, 2.45) is 11.7 Å². The van der Waals surface area contributed by atoms with E-state index in [0.717, 1.165) is 59.2 Å². The SMILES string of the molecule is Cc1ccc(C(=O)CCC[N+]2(C)CC[C@@H](C(C(N)=O)(c3ccccc3)c3ccccc3)C2)cc1. The van der Waals surface area contributed by atoms with E-state index in [1.807, 2.05) is 91.9 Å². The number of hydrogen-bond donors (Lipinski definition) is 1. The fourth-order valence-corrected chi connectivity index (χ4v) is 5.77. The molecule has 0 radical (unpaired) electrons. The molecule has 1 aliphatic rings. The molecule has 3 aromatic rings. The van der Waals surface area contributed by atoms with Gasteiger partial charge in [0.25, 0.3) is 0 Å². The van der Waals surface area contributed by atoms with E-state index in [4.69, 9.17) is 5.73 Å². The van der Waals surface area contributed by atoms with E-state index in [0.29, 0.717) is 6.42 Å². The maximum absolute atomic E-state index is 13.3. The van der Waals surface area contributed by atoms with E-state index in [9.17, 15) is 9.59 Å². The molecule has 34 heavy (non-hydrogen) atoms.